The van der Waals surface area contributed by atoms with E-state index in [1.165, 1.54) is 13.2 Å². The Morgan fingerprint density at radius 2 is 2.15 bits per heavy atom. The summed E-state index contributed by atoms with van der Waals surface area (Å²) in [5, 5.41) is 6.32. The molecule has 1 unspecified atom stereocenters. The van der Waals surface area contributed by atoms with Crippen LogP contribution in [-0.2, 0) is 9.53 Å². The SMILES string of the molecule is CN=C(NCCC(=O)OC)NC1CCN(c2ccccc2OC(F)F)C1.I. The summed E-state index contributed by atoms with van der Waals surface area (Å²) in [4.78, 5) is 17.3. The molecule has 1 aliphatic heterocycles. The Labute approximate surface area is 174 Å². The number of aliphatic imine (C=N–C) groups is 1. The molecule has 1 heterocycles. The van der Waals surface area contributed by atoms with Crippen LogP contribution in [0.2, 0.25) is 0 Å². The van der Waals surface area contributed by atoms with Crippen molar-refractivity contribution in [2.45, 2.75) is 25.5 Å². The van der Waals surface area contributed by atoms with Crippen molar-refractivity contribution in [1.82, 2.24) is 10.6 Å². The van der Waals surface area contributed by atoms with Gasteiger partial charge in [0.15, 0.2) is 5.96 Å². The molecular formula is C17H25F2IN4O3. The second kappa shape index (κ2) is 11.8. The van der Waals surface area contributed by atoms with E-state index in [1.54, 1.807) is 25.2 Å². The third-order valence-corrected chi connectivity index (χ3v) is 4.02. The summed E-state index contributed by atoms with van der Waals surface area (Å²) in [5.41, 5.74) is 0.644. The molecule has 2 rings (SSSR count). The normalized spacial score (nSPS) is 16.7. The number of methoxy groups -OCH3 is 1. The van der Waals surface area contributed by atoms with Crippen LogP contribution in [0.3, 0.4) is 0 Å². The van der Waals surface area contributed by atoms with E-state index in [4.69, 9.17) is 0 Å². The fourth-order valence-corrected chi connectivity index (χ4v) is 2.78. The number of nitrogens with one attached hydrogen (secondary N) is 2. The van der Waals surface area contributed by atoms with E-state index >= 15 is 0 Å². The Kier molecular flexibility index (Phi) is 10.1. The van der Waals surface area contributed by atoms with E-state index < -0.39 is 6.61 Å². The van der Waals surface area contributed by atoms with Gasteiger partial charge in [-0.25, -0.2) is 0 Å². The first-order valence-electron chi connectivity index (χ1n) is 8.36. The maximum atomic E-state index is 12.6. The number of ether oxygens (including phenoxy) is 2. The highest BCUT2D eigenvalue weighted by Crippen LogP contribution is 2.31. The maximum absolute atomic E-state index is 12.6. The van der Waals surface area contributed by atoms with E-state index in [0.29, 0.717) is 31.3 Å². The zero-order valence-electron chi connectivity index (χ0n) is 15.3. The number of halogens is 3. The second-order valence-electron chi connectivity index (χ2n) is 5.75. The van der Waals surface area contributed by atoms with E-state index in [0.717, 1.165) is 6.42 Å². The topological polar surface area (TPSA) is 75.2 Å². The summed E-state index contributed by atoms with van der Waals surface area (Å²) in [6.45, 7) is -1.11. The molecule has 2 N–H and O–H groups in total. The Morgan fingerprint density at radius 1 is 1.41 bits per heavy atom. The molecule has 1 atom stereocenters. The largest absolute Gasteiger partial charge is 0.469 e. The Balaban J connectivity index is 0.00000364. The van der Waals surface area contributed by atoms with Gasteiger partial charge in [-0.05, 0) is 18.6 Å². The lowest BCUT2D eigenvalue weighted by Crippen LogP contribution is -2.45. The number of esters is 1. The molecule has 0 saturated carbocycles. The number of benzene rings is 1. The molecule has 0 spiro atoms. The van der Waals surface area contributed by atoms with Crippen molar-refractivity contribution in [3.05, 3.63) is 24.3 Å². The molecule has 1 saturated heterocycles. The highest BCUT2D eigenvalue weighted by Gasteiger charge is 2.26. The molecule has 27 heavy (non-hydrogen) atoms. The molecular weight excluding hydrogens is 473 g/mol. The summed E-state index contributed by atoms with van der Waals surface area (Å²) < 4.78 is 34.3. The van der Waals surface area contributed by atoms with Crippen molar-refractivity contribution < 1.29 is 23.0 Å². The number of carbonyl (C=O) groups is 1. The van der Waals surface area contributed by atoms with E-state index in [1.807, 2.05) is 4.90 Å². The van der Waals surface area contributed by atoms with Crippen LogP contribution in [-0.4, -0.2) is 58.4 Å². The molecule has 1 aliphatic rings. The minimum absolute atomic E-state index is 0. The van der Waals surface area contributed by atoms with Crippen molar-refractivity contribution in [1.29, 1.82) is 0 Å². The number of hydrogen-bond donors (Lipinski definition) is 2. The number of rotatable bonds is 7. The van der Waals surface area contributed by atoms with Gasteiger partial charge in [0.05, 0.1) is 19.2 Å². The molecule has 0 aromatic heterocycles. The van der Waals surface area contributed by atoms with Crippen molar-refractivity contribution in [3.8, 4) is 5.75 Å². The monoisotopic (exact) mass is 498 g/mol. The van der Waals surface area contributed by atoms with Crippen molar-refractivity contribution >= 4 is 41.6 Å². The Morgan fingerprint density at radius 3 is 2.81 bits per heavy atom. The number of alkyl halides is 2. The molecule has 10 heteroatoms. The van der Waals surface area contributed by atoms with Crippen LogP contribution in [0.25, 0.3) is 0 Å². The summed E-state index contributed by atoms with van der Waals surface area (Å²) >= 11 is 0. The number of nitrogens with zero attached hydrogens (tertiary/aromatic N) is 2. The summed E-state index contributed by atoms with van der Waals surface area (Å²) in [6.07, 6.45) is 1.06. The zero-order chi connectivity index (χ0) is 18.9. The van der Waals surface area contributed by atoms with Crippen LogP contribution in [0.5, 0.6) is 5.75 Å². The first-order chi connectivity index (χ1) is 12.5. The average molecular weight is 498 g/mol. The van der Waals surface area contributed by atoms with Crippen LogP contribution < -0.4 is 20.3 Å². The molecule has 0 bridgehead atoms. The lowest BCUT2D eigenvalue weighted by atomic mass is 10.2. The van der Waals surface area contributed by atoms with Crippen LogP contribution >= 0.6 is 24.0 Å². The van der Waals surface area contributed by atoms with Crippen LogP contribution in [0.15, 0.2) is 29.3 Å². The smallest absolute Gasteiger partial charge is 0.387 e. The quantitative estimate of drug-likeness (QED) is 0.260. The van der Waals surface area contributed by atoms with Gasteiger partial charge in [0.25, 0.3) is 0 Å². The highest BCUT2D eigenvalue weighted by molar-refractivity contribution is 14.0. The molecule has 1 fully saturated rings. The molecule has 1 aromatic rings. The molecule has 0 amide bonds. The fraction of sp³-hybridized carbons (Fsp3) is 0.529. The number of para-hydroxylation sites is 2. The van der Waals surface area contributed by atoms with E-state index in [9.17, 15) is 13.6 Å². The lowest BCUT2D eigenvalue weighted by Gasteiger charge is -2.22. The summed E-state index contributed by atoms with van der Waals surface area (Å²) in [7, 11) is 2.99. The van der Waals surface area contributed by atoms with Gasteiger partial charge in [-0.2, -0.15) is 8.78 Å². The third kappa shape index (κ3) is 7.35. The molecule has 7 nitrogen and oxygen atoms in total. The van der Waals surface area contributed by atoms with Gasteiger partial charge in [0, 0.05) is 32.7 Å². The predicted molar refractivity (Wildman–Crippen MR) is 110 cm³/mol. The Bertz CT molecular complexity index is 634. The van der Waals surface area contributed by atoms with Crippen molar-refractivity contribution in [2.24, 2.45) is 4.99 Å². The number of guanidine groups is 1. The summed E-state index contributed by atoms with van der Waals surface area (Å²) in [6, 6.07) is 6.86. The average Bonchev–Trinajstić information content (AvgIpc) is 3.09. The fourth-order valence-electron chi connectivity index (χ4n) is 2.78. The van der Waals surface area contributed by atoms with Crippen LogP contribution in [0.4, 0.5) is 14.5 Å². The van der Waals surface area contributed by atoms with Crippen molar-refractivity contribution in [3.63, 3.8) is 0 Å². The Hall–Kier alpha value is -1.85. The van der Waals surface area contributed by atoms with Gasteiger partial charge in [0.1, 0.15) is 5.75 Å². The lowest BCUT2D eigenvalue weighted by molar-refractivity contribution is -0.140. The molecule has 152 valence electrons. The second-order valence-corrected chi connectivity index (χ2v) is 5.75. The van der Waals surface area contributed by atoms with Crippen LogP contribution in [0.1, 0.15) is 12.8 Å². The first-order valence-corrected chi connectivity index (χ1v) is 8.36. The van der Waals surface area contributed by atoms with Gasteiger partial charge < -0.3 is 25.0 Å². The number of hydrogen-bond acceptors (Lipinski definition) is 5. The zero-order valence-corrected chi connectivity index (χ0v) is 17.6. The maximum Gasteiger partial charge on any atom is 0.387 e. The molecule has 1 aromatic carbocycles. The van der Waals surface area contributed by atoms with Gasteiger partial charge in [-0.3, -0.25) is 9.79 Å². The minimum Gasteiger partial charge on any atom is -0.469 e. The standard InChI is InChI=1S/C17H24F2N4O3.HI/c1-20-17(21-9-7-15(24)25-2)22-12-8-10-23(11-12)13-5-3-4-6-14(13)26-16(18)19;/h3-6,12,16H,7-11H2,1-2H3,(H2,20,21,22);1H. The van der Waals surface area contributed by atoms with Gasteiger partial charge >= 0.3 is 12.6 Å². The van der Waals surface area contributed by atoms with Crippen LogP contribution in [0, 0.1) is 0 Å². The number of carbonyl (C=O) groups excluding carboxylic acids is 1. The predicted octanol–water partition coefficient (Wildman–Crippen LogP) is 2.21. The molecule has 0 aliphatic carbocycles. The van der Waals surface area contributed by atoms with Gasteiger partial charge in [-0.15, -0.1) is 24.0 Å². The first kappa shape index (κ1) is 23.2. The van der Waals surface area contributed by atoms with E-state index in [2.05, 4.69) is 25.1 Å². The van der Waals surface area contributed by atoms with Crippen molar-refractivity contribution in [2.75, 3.05) is 38.7 Å². The van der Waals surface area contributed by atoms with Gasteiger partial charge in [0.2, 0.25) is 0 Å². The number of anilines is 1. The molecule has 0 radical (unpaired) electrons. The highest BCUT2D eigenvalue weighted by atomic mass is 127. The summed E-state index contributed by atoms with van der Waals surface area (Å²) in [5.74, 6) is 0.456. The van der Waals surface area contributed by atoms with Gasteiger partial charge in [-0.1, -0.05) is 12.1 Å². The third-order valence-electron chi connectivity index (χ3n) is 4.02. The van der Waals surface area contributed by atoms with E-state index in [-0.39, 0.29) is 48.2 Å². The minimum atomic E-state index is -2.86.